The maximum Gasteiger partial charge on any atom is 0.414 e. The summed E-state index contributed by atoms with van der Waals surface area (Å²) in [5.74, 6) is -0.310. The third kappa shape index (κ3) is 4.58. The summed E-state index contributed by atoms with van der Waals surface area (Å²) in [7, 11) is 0. The number of rotatable bonds is 6. The van der Waals surface area contributed by atoms with Crippen molar-refractivity contribution >= 4 is 52.0 Å². The molecule has 2 atom stereocenters. The number of nitro groups is 1. The van der Waals surface area contributed by atoms with Gasteiger partial charge in [-0.3, -0.25) is 19.8 Å². The summed E-state index contributed by atoms with van der Waals surface area (Å²) in [6.45, 7) is 1.46. The lowest BCUT2D eigenvalue weighted by Crippen LogP contribution is -2.34. The average molecular weight is 466 g/mol. The highest BCUT2D eigenvalue weighted by atomic mass is 35.5. The predicted octanol–water partition coefficient (Wildman–Crippen LogP) is 2.60. The fraction of sp³-hybridized carbons (Fsp3) is 0.368. The first kappa shape index (κ1) is 21.3. The Morgan fingerprint density at radius 2 is 2.16 bits per heavy atom. The molecule has 3 heterocycles. The highest BCUT2D eigenvalue weighted by Gasteiger charge is 2.34. The van der Waals surface area contributed by atoms with Gasteiger partial charge in [-0.2, -0.15) is 0 Å². The zero-order valence-electron chi connectivity index (χ0n) is 16.3. The van der Waals surface area contributed by atoms with E-state index in [1.165, 1.54) is 11.0 Å². The lowest BCUT2D eigenvalue weighted by Gasteiger charge is -2.20. The molecule has 2 saturated heterocycles. The van der Waals surface area contributed by atoms with Crippen LogP contribution < -0.4 is 20.9 Å². The molecule has 1 aromatic carbocycles. The molecular formula is C19H20ClN5O5S. The van der Waals surface area contributed by atoms with E-state index in [1.54, 1.807) is 24.3 Å². The molecule has 10 nitrogen and oxygen atoms in total. The Labute approximate surface area is 186 Å². The standard InChI is InChI=1S/C19H20ClN5O5S/c20-17-4-3-16(31-17)18(26)22-8-13-10-24(19(27)30-13)12-1-2-14(15(7-12)25(28)29)23-6-5-11(21)9-23/h1-4,7,11,13H,5-6,8-10,21H2,(H,22,26). The zero-order chi connectivity index (χ0) is 22.1. The molecule has 2 amide bonds. The van der Waals surface area contributed by atoms with E-state index in [1.807, 2.05) is 4.90 Å². The van der Waals surface area contributed by atoms with Crippen molar-refractivity contribution in [1.82, 2.24) is 5.32 Å². The first-order chi connectivity index (χ1) is 14.8. The second-order valence-corrected chi connectivity index (χ2v) is 9.07. The van der Waals surface area contributed by atoms with Crippen LogP contribution in [0.3, 0.4) is 0 Å². The van der Waals surface area contributed by atoms with Crippen LogP contribution in [0.5, 0.6) is 0 Å². The van der Waals surface area contributed by atoms with Gasteiger partial charge in [0.1, 0.15) is 11.8 Å². The van der Waals surface area contributed by atoms with Gasteiger partial charge in [-0.25, -0.2) is 4.79 Å². The molecule has 0 radical (unpaired) electrons. The molecule has 164 valence electrons. The Morgan fingerprint density at radius 1 is 1.35 bits per heavy atom. The minimum atomic E-state index is -0.622. The van der Waals surface area contributed by atoms with Crippen LogP contribution in [0.2, 0.25) is 4.34 Å². The summed E-state index contributed by atoms with van der Waals surface area (Å²) in [6, 6.07) is 7.88. The summed E-state index contributed by atoms with van der Waals surface area (Å²) in [6.07, 6.45) is -0.437. The second-order valence-electron chi connectivity index (χ2n) is 7.36. The molecule has 0 spiro atoms. The van der Waals surface area contributed by atoms with Gasteiger partial charge < -0.3 is 20.7 Å². The number of cyclic esters (lactones) is 1. The van der Waals surface area contributed by atoms with Gasteiger partial charge >= 0.3 is 6.09 Å². The van der Waals surface area contributed by atoms with Crippen LogP contribution in [-0.4, -0.2) is 55.2 Å². The van der Waals surface area contributed by atoms with E-state index in [-0.39, 0.29) is 30.7 Å². The number of thiophene rings is 1. The molecule has 2 aromatic rings. The van der Waals surface area contributed by atoms with Crippen LogP contribution in [0.15, 0.2) is 30.3 Å². The van der Waals surface area contributed by atoms with Crippen LogP contribution in [0.1, 0.15) is 16.1 Å². The largest absolute Gasteiger partial charge is 0.442 e. The van der Waals surface area contributed by atoms with Gasteiger partial charge in [-0.15, -0.1) is 11.3 Å². The molecule has 3 N–H and O–H groups in total. The highest BCUT2D eigenvalue weighted by Crippen LogP contribution is 2.35. The van der Waals surface area contributed by atoms with E-state index in [2.05, 4.69) is 5.32 Å². The fourth-order valence-electron chi connectivity index (χ4n) is 3.67. The normalized spacial score (nSPS) is 20.8. The molecule has 0 aliphatic carbocycles. The molecule has 2 fully saturated rings. The number of nitrogens with two attached hydrogens (primary N) is 1. The maximum absolute atomic E-state index is 12.3. The lowest BCUT2D eigenvalue weighted by molar-refractivity contribution is -0.384. The van der Waals surface area contributed by atoms with Gasteiger partial charge in [0.15, 0.2) is 0 Å². The Hall–Kier alpha value is -2.89. The summed E-state index contributed by atoms with van der Waals surface area (Å²) in [4.78, 5) is 39.3. The van der Waals surface area contributed by atoms with E-state index in [4.69, 9.17) is 22.1 Å². The maximum atomic E-state index is 12.3. The number of amides is 2. The quantitative estimate of drug-likeness (QED) is 0.495. The Bertz CT molecular complexity index is 1030. The number of nitro benzene ring substituents is 1. The lowest BCUT2D eigenvalue weighted by atomic mass is 10.2. The van der Waals surface area contributed by atoms with Crippen molar-refractivity contribution in [1.29, 1.82) is 0 Å². The van der Waals surface area contributed by atoms with Gasteiger partial charge in [0.25, 0.3) is 11.6 Å². The smallest absolute Gasteiger partial charge is 0.414 e. The van der Waals surface area contributed by atoms with E-state index in [0.29, 0.717) is 33.7 Å². The van der Waals surface area contributed by atoms with Crippen molar-refractivity contribution < 1.29 is 19.2 Å². The average Bonchev–Trinajstić information content (AvgIpc) is 3.46. The van der Waals surface area contributed by atoms with Gasteiger partial charge in [0.05, 0.1) is 32.9 Å². The number of nitrogens with one attached hydrogen (secondary N) is 1. The monoisotopic (exact) mass is 465 g/mol. The minimum Gasteiger partial charge on any atom is -0.442 e. The molecule has 12 heteroatoms. The van der Waals surface area contributed by atoms with Crippen molar-refractivity contribution in [2.24, 2.45) is 5.73 Å². The second kappa shape index (κ2) is 8.69. The van der Waals surface area contributed by atoms with E-state index >= 15 is 0 Å². The van der Waals surface area contributed by atoms with Crippen LogP contribution in [0.4, 0.5) is 21.9 Å². The molecule has 0 saturated carbocycles. The van der Waals surface area contributed by atoms with Crippen molar-refractivity contribution in [3.05, 3.63) is 49.7 Å². The summed E-state index contributed by atoms with van der Waals surface area (Å²) >= 11 is 6.99. The first-order valence-corrected chi connectivity index (χ1v) is 10.8. The van der Waals surface area contributed by atoms with Crippen LogP contribution >= 0.6 is 22.9 Å². The van der Waals surface area contributed by atoms with Gasteiger partial charge in [0, 0.05) is 25.2 Å². The van der Waals surface area contributed by atoms with Gasteiger partial charge in [-0.05, 0) is 30.7 Å². The van der Waals surface area contributed by atoms with Crippen LogP contribution in [-0.2, 0) is 4.74 Å². The molecule has 2 unspecified atom stereocenters. The van der Waals surface area contributed by atoms with Crippen molar-refractivity contribution in [3.63, 3.8) is 0 Å². The number of hydrogen-bond donors (Lipinski definition) is 2. The number of halogens is 1. The molecule has 0 bridgehead atoms. The molecular weight excluding hydrogens is 446 g/mol. The van der Waals surface area contributed by atoms with E-state index in [9.17, 15) is 19.7 Å². The van der Waals surface area contributed by atoms with Crippen molar-refractivity contribution in [2.75, 3.05) is 36.0 Å². The number of nitrogens with zero attached hydrogens (tertiary/aromatic N) is 3. The van der Waals surface area contributed by atoms with Crippen LogP contribution in [0, 0.1) is 10.1 Å². The minimum absolute atomic E-state index is 0.0194. The van der Waals surface area contributed by atoms with Gasteiger partial charge in [-0.1, -0.05) is 11.6 Å². The van der Waals surface area contributed by atoms with Crippen molar-refractivity contribution in [3.8, 4) is 0 Å². The SMILES string of the molecule is NC1CCN(c2ccc(N3CC(CNC(=O)c4ccc(Cl)s4)OC3=O)cc2[N+](=O)[O-])C1. The fourth-order valence-corrected chi connectivity index (χ4v) is 4.63. The Kier molecular flexibility index (Phi) is 5.99. The predicted molar refractivity (Wildman–Crippen MR) is 117 cm³/mol. The van der Waals surface area contributed by atoms with E-state index in [0.717, 1.165) is 17.8 Å². The molecule has 2 aliphatic heterocycles. The number of carbonyl (C=O) groups is 2. The summed E-state index contributed by atoms with van der Waals surface area (Å²) < 4.78 is 5.82. The van der Waals surface area contributed by atoms with E-state index < -0.39 is 17.1 Å². The summed E-state index contributed by atoms with van der Waals surface area (Å²) in [5, 5.41) is 14.4. The molecule has 31 heavy (non-hydrogen) atoms. The number of ether oxygens (including phenoxy) is 1. The zero-order valence-corrected chi connectivity index (χ0v) is 17.9. The van der Waals surface area contributed by atoms with Crippen molar-refractivity contribution in [2.45, 2.75) is 18.6 Å². The molecule has 4 rings (SSSR count). The Morgan fingerprint density at radius 3 is 2.81 bits per heavy atom. The topological polar surface area (TPSA) is 131 Å². The number of benzene rings is 1. The molecule has 2 aliphatic rings. The highest BCUT2D eigenvalue weighted by molar-refractivity contribution is 7.18. The number of carbonyl (C=O) groups excluding carboxylic acids is 2. The Balaban J connectivity index is 1.44. The first-order valence-electron chi connectivity index (χ1n) is 9.62. The number of anilines is 2. The van der Waals surface area contributed by atoms with Crippen LogP contribution in [0.25, 0.3) is 0 Å². The number of hydrogen-bond acceptors (Lipinski definition) is 8. The summed E-state index contributed by atoms with van der Waals surface area (Å²) in [5.41, 5.74) is 6.67. The third-order valence-electron chi connectivity index (χ3n) is 5.19. The third-order valence-corrected chi connectivity index (χ3v) is 6.42. The molecule has 1 aromatic heterocycles. The van der Waals surface area contributed by atoms with Gasteiger partial charge in [0.2, 0.25) is 0 Å².